The molecule has 0 bridgehead atoms. The van der Waals surface area contributed by atoms with Crippen molar-refractivity contribution in [2.75, 3.05) is 19.7 Å². The Bertz CT molecular complexity index is 285. The van der Waals surface area contributed by atoms with Crippen LogP contribution in [0.15, 0.2) is 0 Å². The predicted octanol–water partition coefficient (Wildman–Crippen LogP) is 0.575. The second-order valence-electron chi connectivity index (χ2n) is 4.89. The molecule has 0 radical (unpaired) electrons. The lowest BCUT2D eigenvalue weighted by molar-refractivity contribution is -0.146. The highest BCUT2D eigenvalue weighted by Gasteiger charge is 2.27. The van der Waals surface area contributed by atoms with Crippen molar-refractivity contribution in [3.8, 4) is 0 Å². The molecule has 0 aromatic rings. The first-order valence-corrected chi connectivity index (χ1v) is 5.78. The quantitative estimate of drug-likeness (QED) is 0.660. The molecule has 0 saturated carbocycles. The highest BCUT2D eigenvalue weighted by atomic mass is 16.5. The maximum atomic E-state index is 11.4. The summed E-state index contributed by atoms with van der Waals surface area (Å²) in [5.74, 6) is -0.933. The van der Waals surface area contributed by atoms with Gasteiger partial charge in [0.25, 0.3) is 0 Å². The van der Waals surface area contributed by atoms with Gasteiger partial charge in [-0.25, -0.2) is 4.79 Å². The Kier molecular flexibility index (Phi) is 4.74. The monoisotopic (exact) mass is 244 g/mol. The van der Waals surface area contributed by atoms with E-state index in [1.807, 2.05) is 0 Å². The molecule has 1 aliphatic heterocycles. The molecular weight excluding hydrogens is 224 g/mol. The summed E-state index contributed by atoms with van der Waals surface area (Å²) in [7, 11) is 0. The number of nitrogens with one attached hydrogen (secondary N) is 2. The third kappa shape index (κ3) is 4.60. The van der Waals surface area contributed by atoms with Gasteiger partial charge in [-0.15, -0.1) is 0 Å². The third-order valence-electron chi connectivity index (χ3n) is 2.78. The summed E-state index contributed by atoms with van der Waals surface area (Å²) in [6.07, 6.45) is 2.08. The van der Waals surface area contributed by atoms with E-state index < -0.39 is 11.4 Å². The zero-order chi connectivity index (χ0) is 12.9. The summed E-state index contributed by atoms with van der Waals surface area (Å²) in [6.45, 7) is 4.45. The number of ether oxygens (including phenoxy) is 1. The number of urea groups is 1. The van der Waals surface area contributed by atoms with Gasteiger partial charge in [-0.2, -0.15) is 0 Å². The van der Waals surface area contributed by atoms with Crippen LogP contribution in [0.1, 0.15) is 26.7 Å². The van der Waals surface area contributed by atoms with Crippen molar-refractivity contribution in [3.63, 3.8) is 0 Å². The van der Waals surface area contributed by atoms with Crippen LogP contribution >= 0.6 is 0 Å². The molecule has 1 saturated heterocycles. The first kappa shape index (κ1) is 13.8. The van der Waals surface area contributed by atoms with Gasteiger partial charge in [0.2, 0.25) is 0 Å². The number of aliphatic carboxylic acids is 1. The number of carbonyl (C=O) groups excluding carboxylic acids is 1. The maximum Gasteiger partial charge on any atom is 0.314 e. The zero-order valence-corrected chi connectivity index (χ0v) is 10.3. The molecule has 1 fully saturated rings. The number of carbonyl (C=O) groups is 2. The Balaban J connectivity index is 2.18. The Morgan fingerprint density at radius 2 is 2.12 bits per heavy atom. The van der Waals surface area contributed by atoms with Crippen molar-refractivity contribution < 1.29 is 19.4 Å². The predicted molar refractivity (Wildman–Crippen MR) is 61.8 cm³/mol. The number of carboxylic acid groups (broad SMARTS) is 1. The minimum absolute atomic E-state index is 0.0910. The normalized spacial score (nSPS) is 20.0. The third-order valence-corrected chi connectivity index (χ3v) is 2.78. The van der Waals surface area contributed by atoms with Crippen molar-refractivity contribution in [2.45, 2.75) is 32.8 Å². The minimum atomic E-state index is -0.957. The lowest BCUT2D eigenvalue weighted by Crippen LogP contribution is -2.45. The van der Waals surface area contributed by atoms with Crippen molar-refractivity contribution >= 4 is 12.0 Å². The number of amides is 2. The fourth-order valence-corrected chi connectivity index (χ4v) is 1.45. The summed E-state index contributed by atoms with van der Waals surface area (Å²) in [6, 6.07) is -0.352. The Morgan fingerprint density at radius 3 is 2.65 bits per heavy atom. The Labute approximate surface area is 101 Å². The molecule has 6 heteroatoms. The average molecular weight is 244 g/mol. The highest BCUT2D eigenvalue weighted by molar-refractivity contribution is 5.77. The van der Waals surface area contributed by atoms with Crippen LogP contribution in [0.4, 0.5) is 4.79 Å². The first-order valence-electron chi connectivity index (χ1n) is 5.78. The van der Waals surface area contributed by atoms with Gasteiger partial charge in [0.05, 0.1) is 11.5 Å². The summed E-state index contributed by atoms with van der Waals surface area (Å²) in [5, 5.41) is 14.1. The molecule has 1 rings (SSSR count). The lowest BCUT2D eigenvalue weighted by atomic mass is 9.94. The van der Waals surface area contributed by atoms with E-state index in [0.717, 1.165) is 19.4 Å². The summed E-state index contributed by atoms with van der Waals surface area (Å²) in [4.78, 5) is 22.2. The smallest absolute Gasteiger partial charge is 0.314 e. The molecular formula is C11H20N2O4. The van der Waals surface area contributed by atoms with Crippen molar-refractivity contribution in [3.05, 3.63) is 0 Å². The highest BCUT2D eigenvalue weighted by Crippen LogP contribution is 2.13. The molecule has 1 unspecified atom stereocenters. The SMILES string of the molecule is CC(C)(CNC(=O)NCC1CCCO1)C(=O)O. The van der Waals surface area contributed by atoms with E-state index in [1.54, 1.807) is 13.8 Å². The van der Waals surface area contributed by atoms with Crippen LogP contribution in [0, 0.1) is 5.41 Å². The number of carboxylic acids is 1. The molecule has 0 aliphatic carbocycles. The molecule has 1 atom stereocenters. The van der Waals surface area contributed by atoms with Crippen LogP contribution in [0.2, 0.25) is 0 Å². The van der Waals surface area contributed by atoms with E-state index in [2.05, 4.69) is 10.6 Å². The van der Waals surface area contributed by atoms with E-state index in [4.69, 9.17) is 9.84 Å². The van der Waals surface area contributed by atoms with Gasteiger partial charge in [-0.05, 0) is 26.7 Å². The van der Waals surface area contributed by atoms with Crippen molar-refractivity contribution in [2.24, 2.45) is 5.41 Å². The Hall–Kier alpha value is -1.30. The standard InChI is InChI=1S/C11H20N2O4/c1-11(2,9(14)15)7-13-10(16)12-6-8-4-3-5-17-8/h8H,3-7H2,1-2H3,(H,14,15)(H2,12,13,16). The molecule has 1 aliphatic rings. The molecule has 3 N–H and O–H groups in total. The molecule has 98 valence electrons. The molecule has 1 heterocycles. The summed E-state index contributed by atoms with van der Waals surface area (Å²) < 4.78 is 5.35. The fraction of sp³-hybridized carbons (Fsp3) is 0.818. The second kappa shape index (κ2) is 5.86. The van der Waals surface area contributed by atoms with Crippen LogP contribution in [0.5, 0.6) is 0 Å². The van der Waals surface area contributed by atoms with Crippen molar-refractivity contribution in [1.29, 1.82) is 0 Å². The second-order valence-corrected chi connectivity index (χ2v) is 4.89. The number of hydrogen-bond acceptors (Lipinski definition) is 3. The molecule has 0 aromatic heterocycles. The van der Waals surface area contributed by atoms with Gasteiger partial charge in [0.15, 0.2) is 0 Å². The van der Waals surface area contributed by atoms with E-state index in [-0.39, 0.29) is 18.7 Å². The van der Waals surface area contributed by atoms with Gasteiger partial charge in [0, 0.05) is 19.7 Å². The van der Waals surface area contributed by atoms with Crippen LogP contribution < -0.4 is 10.6 Å². The van der Waals surface area contributed by atoms with Crippen LogP contribution in [-0.2, 0) is 9.53 Å². The van der Waals surface area contributed by atoms with E-state index >= 15 is 0 Å². The topological polar surface area (TPSA) is 87.7 Å². The van der Waals surface area contributed by atoms with Gasteiger partial charge in [0.1, 0.15) is 0 Å². The molecule has 0 aromatic carbocycles. The minimum Gasteiger partial charge on any atom is -0.481 e. The lowest BCUT2D eigenvalue weighted by Gasteiger charge is -2.20. The van der Waals surface area contributed by atoms with Crippen LogP contribution in [0.3, 0.4) is 0 Å². The zero-order valence-electron chi connectivity index (χ0n) is 10.3. The largest absolute Gasteiger partial charge is 0.481 e. The van der Waals surface area contributed by atoms with Gasteiger partial charge >= 0.3 is 12.0 Å². The molecule has 0 spiro atoms. The molecule has 2 amide bonds. The maximum absolute atomic E-state index is 11.4. The van der Waals surface area contributed by atoms with Gasteiger partial charge < -0.3 is 20.5 Å². The average Bonchev–Trinajstić information content (AvgIpc) is 2.76. The first-order chi connectivity index (χ1) is 7.92. The number of rotatable bonds is 5. The van der Waals surface area contributed by atoms with Gasteiger partial charge in [-0.1, -0.05) is 0 Å². The number of hydrogen-bond donors (Lipinski definition) is 3. The van der Waals surface area contributed by atoms with E-state index in [9.17, 15) is 9.59 Å². The van der Waals surface area contributed by atoms with Gasteiger partial charge in [-0.3, -0.25) is 4.79 Å². The molecule has 17 heavy (non-hydrogen) atoms. The van der Waals surface area contributed by atoms with Crippen LogP contribution in [-0.4, -0.2) is 42.9 Å². The summed E-state index contributed by atoms with van der Waals surface area (Å²) >= 11 is 0. The Morgan fingerprint density at radius 1 is 1.41 bits per heavy atom. The van der Waals surface area contributed by atoms with E-state index in [1.165, 1.54) is 0 Å². The van der Waals surface area contributed by atoms with E-state index in [0.29, 0.717) is 6.54 Å². The van der Waals surface area contributed by atoms with Crippen molar-refractivity contribution in [1.82, 2.24) is 10.6 Å². The fourth-order valence-electron chi connectivity index (χ4n) is 1.45. The summed E-state index contributed by atoms with van der Waals surface area (Å²) in [5.41, 5.74) is -0.957. The van der Waals surface area contributed by atoms with Crippen LogP contribution in [0.25, 0.3) is 0 Å². The molecule has 6 nitrogen and oxygen atoms in total.